The summed E-state index contributed by atoms with van der Waals surface area (Å²) >= 11 is 0. The van der Waals surface area contributed by atoms with Gasteiger partial charge in [-0.15, -0.1) is 0 Å². The highest BCUT2D eigenvalue weighted by Gasteiger charge is 2.22. The maximum atomic E-state index is 11.5. The van der Waals surface area contributed by atoms with E-state index in [1.807, 2.05) is 13.8 Å². The number of amides is 1. The Labute approximate surface area is 99.6 Å². The van der Waals surface area contributed by atoms with E-state index in [9.17, 15) is 9.90 Å². The van der Waals surface area contributed by atoms with E-state index in [1.165, 1.54) is 0 Å². The highest BCUT2D eigenvalue weighted by molar-refractivity contribution is 5.78. The lowest BCUT2D eigenvalue weighted by Crippen LogP contribution is -2.42. The van der Waals surface area contributed by atoms with E-state index in [-0.39, 0.29) is 11.8 Å². The molecule has 2 unspecified atom stereocenters. The van der Waals surface area contributed by atoms with Crippen LogP contribution in [0.5, 0.6) is 0 Å². The smallest absolute Gasteiger partial charge is 0.222 e. The number of carbonyl (C=O) groups is 1. The van der Waals surface area contributed by atoms with Gasteiger partial charge >= 0.3 is 0 Å². The van der Waals surface area contributed by atoms with Crippen LogP contribution in [-0.2, 0) is 4.79 Å². The van der Waals surface area contributed by atoms with E-state index < -0.39 is 5.60 Å². The molecule has 0 aliphatic heterocycles. The van der Waals surface area contributed by atoms with Gasteiger partial charge in [0.05, 0.1) is 5.60 Å². The molecule has 0 radical (unpaired) electrons. The van der Waals surface area contributed by atoms with E-state index in [4.69, 9.17) is 0 Å². The lowest BCUT2D eigenvalue weighted by Gasteiger charge is -2.25. The second-order valence-electron chi connectivity index (χ2n) is 5.46. The van der Waals surface area contributed by atoms with Crippen molar-refractivity contribution in [3.8, 4) is 0 Å². The highest BCUT2D eigenvalue weighted by atomic mass is 16.3. The fourth-order valence-corrected chi connectivity index (χ4v) is 1.33. The predicted molar refractivity (Wildman–Crippen MR) is 67.2 cm³/mol. The van der Waals surface area contributed by atoms with Crippen LogP contribution in [0.15, 0.2) is 0 Å². The molecule has 0 aliphatic rings. The average molecular weight is 229 g/mol. The number of hydrogen-bond donors (Lipinski definition) is 2. The molecule has 16 heavy (non-hydrogen) atoms. The van der Waals surface area contributed by atoms with Gasteiger partial charge in [0.1, 0.15) is 0 Å². The van der Waals surface area contributed by atoms with Gasteiger partial charge in [0.2, 0.25) is 5.91 Å². The summed E-state index contributed by atoms with van der Waals surface area (Å²) in [5.41, 5.74) is -0.784. The topological polar surface area (TPSA) is 49.3 Å². The summed E-state index contributed by atoms with van der Waals surface area (Å²) in [5, 5.41) is 12.9. The van der Waals surface area contributed by atoms with Crippen LogP contribution in [0, 0.1) is 11.8 Å². The predicted octanol–water partition coefficient (Wildman–Crippen LogP) is 2.34. The van der Waals surface area contributed by atoms with Crippen molar-refractivity contribution in [2.24, 2.45) is 11.8 Å². The molecule has 0 aromatic rings. The minimum atomic E-state index is -0.784. The molecule has 0 aliphatic carbocycles. The van der Waals surface area contributed by atoms with Gasteiger partial charge in [-0.3, -0.25) is 4.79 Å². The third-order valence-electron chi connectivity index (χ3n) is 2.96. The molecule has 0 aromatic heterocycles. The van der Waals surface area contributed by atoms with Crippen molar-refractivity contribution in [2.75, 3.05) is 6.54 Å². The average Bonchev–Trinajstić information content (AvgIpc) is 2.22. The fraction of sp³-hybridized carbons (Fsp3) is 0.923. The normalized spacial score (nSPS) is 16.9. The van der Waals surface area contributed by atoms with Crippen LogP contribution in [0.3, 0.4) is 0 Å². The summed E-state index contributed by atoms with van der Waals surface area (Å²) in [7, 11) is 0. The van der Waals surface area contributed by atoms with Crippen molar-refractivity contribution in [2.45, 2.75) is 59.5 Å². The fourth-order valence-electron chi connectivity index (χ4n) is 1.33. The van der Waals surface area contributed by atoms with Gasteiger partial charge in [0, 0.05) is 12.5 Å². The van der Waals surface area contributed by atoms with Gasteiger partial charge in [0.25, 0.3) is 0 Å². The van der Waals surface area contributed by atoms with Crippen LogP contribution in [-0.4, -0.2) is 23.2 Å². The Kier molecular flexibility index (Phi) is 6.65. The molecule has 3 nitrogen and oxygen atoms in total. The Morgan fingerprint density at radius 3 is 2.38 bits per heavy atom. The van der Waals surface area contributed by atoms with Crippen LogP contribution < -0.4 is 5.32 Å². The Bertz CT molecular complexity index is 212. The maximum absolute atomic E-state index is 11.5. The van der Waals surface area contributed by atoms with Crippen LogP contribution in [0.1, 0.15) is 53.9 Å². The van der Waals surface area contributed by atoms with E-state index in [1.54, 1.807) is 6.92 Å². The van der Waals surface area contributed by atoms with Crippen molar-refractivity contribution in [3.05, 3.63) is 0 Å². The van der Waals surface area contributed by atoms with Crippen molar-refractivity contribution < 1.29 is 9.90 Å². The largest absolute Gasteiger partial charge is 0.388 e. The molecule has 0 aromatic carbocycles. The molecule has 0 spiro atoms. The third-order valence-corrected chi connectivity index (χ3v) is 2.96. The standard InChI is InChI=1S/C13H27NO2/c1-6-11(4)12(15)14-9-13(5,16)8-7-10(2)3/h10-11,16H,6-9H2,1-5H3,(H,14,15). The van der Waals surface area contributed by atoms with Crippen LogP contribution in [0.2, 0.25) is 0 Å². The first-order chi connectivity index (χ1) is 7.28. The van der Waals surface area contributed by atoms with Crippen LogP contribution in [0.25, 0.3) is 0 Å². The van der Waals surface area contributed by atoms with E-state index in [2.05, 4.69) is 19.2 Å². The SMILES string of the molecule is CCC(C)C(=O)NCC(C)(O)CCC(C)C. The number of nitrogens with one attached hydrogen (secondary N) is 1. The molecule has 2 atom stereocenters. The molecule has 0 rings (SSSR count). The van der Waals surface area contributed by atoms with Gasteiger partial charge < -0.3 is 10.4 Å². The molecule has 0 fully saturated rings. The summed E-state index contributed by atoms with van der Waals surface area (Å²) < 4.78 is 0. The summed E-state index contributed by atoms with van der Waals surface area (Å²) in [5.74, 6) is 0.643. The number of aliphatic hydroxyl groups is 1. The number of rotatable bonds is 7. The maximum Gasteiger partial charge on any atom is 0.222 e. The molecule has 0 heterocycles. The molecule has 0 bridgehead atoms. The van der Waals surface area contributed by atoms with Crippen molar-refractivity contribution in [1.29, 1.82) is 0 Å². The second-order valence-corrected chi connectivity index (χ2v) is 5.46. The first-order valence-electron chi connectivity index (χ1n) is 6.28. The molecule has 1 amide bonds. The first-order valence-corrected chi connectivity index (χ1v) is 6.28. The van der Waals surface area contributed by atoms with E-state index >= 15 is 0 Å². The van der Waals surface area contributed by atoms with Gasteiger partial charge in [-0.05, 0) is 32.1 Å². The van der Waals surface area contributed by atoms with Gasteiger partial charge in [-0.1, -0.05) is 27.7 Å². The lowest BCUT2D eigenvalue weighted by atomic mass is 9.95. The molecule has 96 valence electrons. The highest BCUT2D eigenvalue weighted by Crippen LogP contribution is 2.15. The van der Waals surface area contributed by atoms with Gasteiger partial charge in [-0.25, -0.2) is 0 Å². The van der Waals surface area contributed by atoms with Gasteiger partial charge in [0.15, 0.2) is 0 Å². The minimum absolute atomic E-state index is 0.0286. The van der Waals surface area contributed by atoms with Crippen molar-refractivity contribution in [3.63, 3.8) is 0 Å². The summed E-state index contributed by atoms with van der Waals surface area (Å²) in [4.78, 5) is 11.5. The third kappa shape index (κ3) is 6.83. The summed E-state index contributed by atoms with van der Waals surface area (Å²) in [6.45, 7) is 10.3. The summed E-state index contributed by atoms with van der Waals surface area (Å²) in [6.07, 6.45) is 2.54. The monoisotopic (exact) mass is 229 g/mol. The summed E-state index contributed by atoms with van der Waals surface area (Å²) in [6, 6.07) is 0. The number of carbonyl (C=O) groups excluding carboxylic acids is 1. The molecule has 3 heteroatoms. The molecular weight excluding hydrogens is 202 g/mol. The van der Waals surface area contributed by atoms with Crippen LogP contribution >= 0.6 is 0 Å². The molecular formula is C13H27NO2. The zero-order valence-corrected chi connectivity index (χ0v) is 11.3. The Morgan fingerprint density at radius 1 is 1.38 bits per heavy atom. The van der Waals surface area contributed by atoms with Gasteiger partial charge in [-0.2, -0.15) is 0 Å². The number of hydrogen-bond acceptors (Lipinski definition) is 2. The Hall–Kier alpha value is -0.570. The molecule has 2 N–H and O–H groups in total. The first kappa shape index (κ1) is 15.4. The Morgan fingerprint density at radius 2 is 1.94 bits per heavy atom. The zero-order valence-electron chi connectivity index (χ0n) is 11.3. The minimum Gasteiger partial charge on any atom is -0.388 e. The van der Waals surface area contributed by atoms with Crippen molar-refractivity contribution in [1.82, 2.24) is 5.32 Å². The quantitative estimate of drug-likeness (QED) is 0.704. The molecule has 0 saturated heterocycles. The van der Waals surface area contributed by atoms with Crippen LogP contribution in [0.4, 0.5) is 0 Å². The van der Waals surface area contributed by atoms with E-state index in [0.717, 1.165) is 19.3 Å². The second kappa shape index (κ2) is 6.89. The lowest BCUT2D eigenvalue weighted by molar-refractivity contribution is -0.125. The Balaban J connectivity index is 3.93. The molecule has 0 saturated carbocycles. The van der Waals surface area contributed by atoms with Crippen molar-refractivity contribution >= 4 is 5.91 Å². The zero-order chi connectivity index (χ0) is 12.8. The van der Waals surface area contributed by atoms with E-state index in [0.29, 0.717) is 12.5 Å².